The summed E-state index contributed by atoms with van der Waals surface area (Å²) in [5, 5.41) is 7.18. The first-order chi connectivity index (χ1) is 11.2. The number of carbonyl (C=O) groups is 1. The van der Waals surface area contributed by atoms with Gasteiger partial charge in [0.1, 0.15) is 11.5 Å². The van der Waals surface area contributed by atoms with E-state index in [2.05, 4.69) is 10.4 Å². The number of nitrogens with zero attached hydrogens (tertiary/aromatic N) is 2. The van der Waals surface area contributed by atoms with E-state index in [-0.39, 0.29) is 29.8 Å². The van der Waals surface area contributed by atoms with Crippen LogP contribution in [0.1, 0.15) is 42.5 Å². The molecule has 0 radical (unpaired) electrons. The Hall–Kier alpha value is -1.92. The molecule has 0 aliphatic rings. The van der Waals surface area contributed by atoms with E-state index in [1.54, 1.807) is 12.1 Å². The summed E-state index contributed by atoms with van der Waals surface area (Å²) in [5.41, 5.74) is 7.47. The summed E-state index contributed by atoms with van der Waals surface area (Å²) in [6, 6.07) is 6.27. The van der Waals surface area contributed by atoms with Crippen LogP contribution in [0.5, 0.6) is 0 Å². The van der Waals surface area contributed by atoms with Gasteiger partial charge >= 0.3 is 0 Å². The molecule has 2 rings (SSSR count). The van der Waals surface area contributed by atoms with E-state index in [0.717, 1.165) is 11.4 Å². The lowest BCUT2D eigenvalue weighted by molar-refractivity contribution is 0.0882. The lowest BCUT2D eigenvalue weighted by Crippen LogP contribution is -2.55. The van der Waals surface area contributed by atoms with Gasteiger partial charge in [-0.25, -0.2) is 9.07 Å². The number of nitrogens with one attached hydrogen (secondary N) is 1. The van der Waals surface area contributed by atoms with Crippen LogP contribution in [0.3, 0.4) is 0 Å². The molecule has 0 fully saturated rings. The molecule has 1 aromatic heterocycles. The number of benzene rings is 1. The SMILES string of the molecule is Cc1cc(C)n(-c2ccc(C(=O)NC(C)(CN)C(C)C)cc2F)n1.Cl. The Morgan fingerprint density at radius 2 is 2.00 bits per heavy atom. The molecule has 1 atom stereocenters. The standard InChI is InChI=1S/C18H25FN4O.ClH/c1-11(2)18(5,10-20)21-17(24)14-6-7-16(15(19)9-14)23-13(4)8-12(3)22-23;/h6-9,11H,10,20H2,1-5H3,(H,21,24);1H. The van der Waals surface area contributed by atoms with Gasteiger partial charge in [0.2, 0.25) is 0 Å². The average Bonchev–Trinajstić information content (AvgIpc) is 2.85. The first-order valence-electron chi connectivity index (χ1n) is 8.03. The fourth-order valence-corrected chi connectivity index (χ4v) is 2.46. The number of amides is 1. The van der Waals surface area contributed by atoms with Gasteiger partial charge in [-0.3, -0.25) is 4.79 Å². The Bertz CT molecular complexity index is 760. The predicted molar refractivity (Wildman–Crippen MR) is 100 cm³/mol. The Balaban J connectivity index is 0.00000312. The number of halogens is 2. The van der Waals surface area contributed by atoms with Gasteiger partial charge in [-0.15, -0.1) is 12.4 Å². The zero-order chi connectivity index (χ0) is 18.1. The van der Waals surface area contributed by atoms with E-state index in [4.69, 9.17) is 5.73 Å². The van der Waals surface area contributed by atoms with Crippen LogP contribution in [0.15, 0.2) is 24.3 Å². The Kier molecular flexibility index (Phi) is 6.74. The molecule has 7 heteroatoms. The highest BCUT2D eigenvalue weighted by Gasteiger charge is 2.29. The first kappa shape index (κ1) is 21.1. The Morgan fingerprint density at radius 1 is 1.36 bits per heavy atom. The molecule has 0 saturated carbocycles. The lowest BCUT2D eigenvalue weighted by atomic mass is 9.88. The first-order valence-corrected chi connectivity index (χ1v) is 8.03. The minimum absolute atomic E-state index is 0. The Labute approximate surface area is 154 Å². The van der Waals surface area contributed by atoms with Gasteiger partial charge in [0, 0.05) is 17.8 Å². The van der Waals surface area contributed by atoms with Crippen LogP contribution >= 0.6 is 12.4 Å². The summed E-state index contributed by atoms with van der Waals surface area (Å²) in [6.45, 7) is 9.87. The predicted octanol–water partition coefficient (Wildman–Crippen LogP) is 3.15. The average molecular weight is 369 g/mol. The summed E-state index contributed by atoms with van der Waals surface area (Å²) in [7, 11) is 0. The second-order valence-electron chi connectivity index (χ2n) is 6.74. The van der Waals surface area contributed by atoms with E-state index in [1.807, 2.05) is 40.7 Å². The van der Waals surface area contributed by atoms with E-state index >= 15 is 0 Å². The number of aromatic nitrogens is 2. The number of rotatable bonds is 5. The second kappa shape index (κ2) is 7.97. The monoisotopic (exact) mass is 368 g/mol. The number of nitrogens with two attached hydrogens (primary N) is 1. The Morgan fingerprint density at radius 3 is 2.44 bits per heavy atom. The minimum Gasteiger partial charge on any atom is -0.345 e. The van der Waals surface area contributed by atoms with Crippen molar-refractivity contribution in [3.63, 3.8) is 0 Å². The zero-order valence-corrected chi connectivity index (χ0v) is 16.1. The third kappa shape index (κ3) is 4.38. The van der Waals surface area contributed by atoms with Crippen LogP contribution in [0.25, 0.3) is 5.69 Å². The molecule has 5 nitrogen and oxygen atoms in total. The van der Waals surface area contributed by atoms with Gasteiger partial charge < -0.3 is 11.1 Å². The van der Waals surface area contributed by atoms with Crippen molar-refractivity contribution < 1.29 is 9.18 Å². The van der Waals surface area contributed by atoms with Crippen molar-refractivity contribution in [2.24, 2.45) is 11.7 Å². The fourth-order valence-electron chi connectivity index (χ4n) is 2.46. The molecule has 0 aliphatic heterocycles. The summed E-state index contributed by atoms with van der Waals surface area (Å²) >= 11 is 0. The quantitative estimate of drug-likeness (QED) is 0.851. The molecular formula is C18H26ClFN4O. The number of hydrogen-bond donors (Lipinski definition) is 2. The maximum Gasteiger partial charge on any atom is 0.251 e. The highest BCUT2D eigenvalue weighted by atomic mass is 35.5. The second-order valence-corrected chi connectivity index (χ2v) is 6.74. The van der Waals surface area contributed by atoms with Crippen LogP contribution in [0, 0.1) is 25.6 Å². The fraction of sp³-hybridized carbons (Fsp3) is 0.444. The normalized spacial score (nSPS) is 13.3. The maximum atomic E-state index is 14.5. The molecular weight excluding hydrogens is 343 g/mol. The molecule has 1 aromatic carbocycles. The van der Waals surface area contributed by atoms with Crippen LogP contribution < -0.4 is 11.1 Å². The van der Waals surface area contributed by atoms with Gasteiger partial charge in [-0.2, -0.15) is 5.10 Å². The summed E-state index contributed by atoms with van der Waals surface area (Å²) in [6.07, 6.45) is 0. The van der Waals surface area contributed by atoms with Crippen molar-refractivity contribution in [3.8, 4) is 5.69 Å². The maximum absolute atomic E-state index is 14.5. The molecule has 25 heavy (non-hydrogen) atoms. The smallest absolute Gasteiger partial charge is 0.251 e. The molecule has 0 spiro atoms. The molecule has 0 aliphatic carbocycles. The highest BCUT2D eigenvalue weighted by molar-refractivity contribution is 5.95. The topological polar surface area (TPSA) is 72.9 Å². The zero-order valence-electron chi connectivity index (χ0n) is 15.3. The third-order valence-electron chi connectivity index (χ3n) is 4.55. The van der Waals surface area contributed by atoms with Crippen molar-refractivity contribution in [2.45, 2.75) is 40.2 Å². The molecule has 0 bridgehead atoms. The van der Waals surface area contributed by atoms with Gasteiger partial charge in [0.05, 0.1) is 11.2 Å². The molecule has 3 N–H and O–H groups in total. The van der Waals surface area contributed by atoms with Crippen LogP contribution in [-0.4, -0.2) is 27.8 Å². The van der Waals surface area contributed by atoms with Crippen LogP contribution in [0.4, 0.5) is 4.39 Å². The van der Waals surface area contributed by atoms with Gasteiger partial charge in [-0.1, -0.05) is 13.8 Å². The largest absolute Gasteiger partial charge is 0.345 e. The third-order valence-corrected chi connectivity index (χ3v) is 4.55. The van der Waals surface area contributed by atoms with E-state index < -0.39 is 11.4 Å². The number of aryl methyl sites for hydroxylation is 2. The van der Waals surface area contributed by atoms with E-state index in [1.165, 1.54) is 10.7 Å². The lowest BCUT2D eigenvalue weighted by Gasteiger charge is -2.33. The van der Waals surface area contributed by atoms with E-state index in [0.29, 0.717) is 12.2 Å². The molecule has 138 valence electrons. The van der Waals surface area contributed by atoms with Crippen molar-refractivity contribution in [1.82, 2.24) is 15.1 Å². The number of hydrogen-bond acceptors (Lipinski definition) is 3. The molecule has 1 unspecified atom stereocenters. The summed E-state index contributed by atoms with van der Waals surface area (Å²) in [4.78, 5) is 12.4. The molecule has 1 heterocycles. The van der Waals surface area contributed by atoms with Crippen molar-refractivity contribution >= 4 is 18.3 Å². The van der Waals surface area contributed by atoms with Crippen LogP contribution in [0.2, 0.25) is 0 Å². The van der Waals surface area contributed by atoms with Crippen molar-refractivity contribution in [1.29, 1.82) is 0 Å². The highest BCUT2D eigenvalue weighted by Crippen LogP contribution is 2.19. The van der Waals surface area contributed by atoms with E-state index in [9.17, 15) is 9.18 Å². The van der Waals surface area contributed by atoms with Gasteiger partial charge in [0.15, 0.2) is 0 Å². The molecule has 2 aromatic rings. The van der Waals surface area contributed by atoms with Crippen LogP contribution in [-0.2, 0) is 0 Å². The van der Waals surface area contributed by atoms with Crippen molar-refractivity contribution in [3.05, 3.63) is 47.0 Å². The molecule has 1 amide bonds. The summed E-state index contributed by atoms with van der Waals surface area (Å²) in [5.74, 6) is -0.673. The molecule has 0 saturated heterocycles. The van der Waals surface area contributed by atoms with Gasteiger partial charge in [0.25, 0.3) is 5.91 Å². The number of carbonyl (C=O) groups excluding carboxylic acids is 1. The van der Waals surface area contributed by atoms with Gasteiger partial charge in [-0.05, 0) is 51.0 Å². The van der Waals surface area contributed by atoms with Crippen molar-refractivity contribution in [2.75, 3.05) is 6.54 Å². The minimum atomic E-state index is -0.540. The summed E-state index contributed by atoms with van der Waals surface area (Å²) < 4.78 is 16.0.